The summed E-state index contributed by atoms with van der Waals surface area (Å²) in [4.78, 5) is 14.6. The van der Waals surface area contributed by atoms with Crippen LogP contribution in [0.15, 0.2) is 29.2 Å². The number of likely N-dealkylation sites (N-methyl/N-ethyl adjacent to an activating group) is 1. The van der Waals surface area contributed by atoms with Crippen LogP contribution in [0.5, 0.6) is 0 Å². The molecule has 0 aliphatic carbocycles. The van der Waals surface area contributed by atoms with E-state index in [0.29, 0.717) is 6.42 Å². The van der Waals surface area contributed by atoms with Gasteiger partial charge < -0.3 is 10.2 Å². The molecule has 0 unspecified atom stereocenters. The SMILES string of the molecule is CNCCCN(C)C(=O)Cc1ccc(S)cc1. The fourth-order valence-corrected chi connectivity index (χ4v) is 1.69. The van der Waals surface area contributed by atoms with Gasteiger partial charge in [0.1, 0.15) is 0 Å². The van der Waals surface area contributed by atoms with Gasteiger partial charge in [-0.05, 0) is 37.7 Å². The summed E-state index contributed by atoms with van der Waals surface area (Å²) in [5.41, 5.74) is 1.04. The Bertz CT molecular complexity index is 351. The molecule has 1 rings (SSSR count). The second-order valence-corrected chi connectivity index (χ2v) is 4.63. The lowest BCUT2D eigenvalue weighted by Crippen LogP contribution is -2.30. The Hall–Kier alpha value is -1.00. The number of benzene rings is 1. The van der Waals surface area contributed by atoms with Crippen LogP contribution in [0.2, 0.25) is 0 Å². The normalized spacial score (nSPS) is 10.3. The number of rotatable bonds is 6. The van der Waals surface area contributed by atoms with Crippen molar-refractivity contribution in [1.82, 2.24) is 10.2 Å². The fourth-order valence-electron chi connectivity index (χ4n) is 1.54. The van der Waals surface area contributed by atoms with Crippen LogP contribution in [0.1, 0.15) is 12.0 Å². The minimum absolute atomic E-state index is 0.160. The smallest absolute Gasteiger partial charge is 0.226 e. The lowest BCUT2D eigenvalue weighted by Gasteiger charge is -2.17. The topological polar surface area (TPSA) is 32.3 Å². The average molecular weight is 252 g/mol. The Morgan fingerprint density at radius 1 is 1.35 bits per heavy atom. The Kier molecular flexibility index (Phi) is 6.08. The Balaban J connectivity index is 2.40. The first-order chi connectivity index (χ1) is 8.13. The average Bonchev–Trinajstić information content (AvgIpc) is 2.32. The first kappa shape index (κ1) is 14.1. The molecule has 0 saturated heterocycles. The summed E-state index contributed by atoms with van der Waals surface area (Å²) in [5, 5.41) is 3.07. The lowest BCUT2D eigenvalue weighted by molar-refractivity contribution is -0.129. The van der Waals surface area contributed by atoms with Crippen LogP contribution in [0, 0.1) is 0 Å². The maximum absolute atomic E-state index is 11.9. The van der Waals surface area contributed by atoms with Crippen LogP contribution < -0.4 is 5.32 Å². The van der Waals surface area contributed by atoms with E-state index in [0.717, 1.165) is 30.0 Å². The molecule has 1 N–H and O–H groups in total. The molecule has 1 aromatic carbocycles. The Morgan fingerprint density at radius 3 is 2.59 bits per heavy atom. The summed E-state index contributed by atoms with van der Waals surface area (Å²) < 4.78 is 0. The summed E-state index contributed by atoms with van der Waals surface area (Å²) in [6, 6.07) is 7.71. The predicted molar refractivity (Wildman–Crippen MR) is 73.6 cm³/mol. The molecule has 4 heteroatoms. The Labute approximate surface area is 109 Å². The molecular weight excluding hydrogens is 232 g/mol. The van der Waals surface area contributed by atoms with Crippen LogP contribution in [0.4, 0.5) is 0 Å². The van der Waals surface area contributed by atoms with E-state index < -0.39 is 0 Å². The third-order valence-electron chi connectivity index (χ3n) is 2.64. The molecule has 94 valence electrons. The Morgan fingerprint density at radius 2 is 2.00 bits per heavy atom. The van der Waals surface area contributed by atoms with Crippen molar-refractivity contribution in [3.05, 3.63) is 29.8 Å². The quantitative estimate of drug-likeness (QED) is 0.595. The minimum Gasteiger partial charge on any atom is -0.345 e. The van der Waals surface area contributed by atoms with E-state index in [9.17, 15) is 4.79 Å². The van der Waals surface area contributed by atoms with Crippen LogP contribution in [-0.2, 0) is 11.2 Å². The molecule has 0 aromatic heterocycles. The highest BCUT2D eigenvalue weighted by molar-refractivity contribution is 7.80. The van der Waals surface area contributed by atoms with Gasteiger partial charge in [0.15, 0.2) is 0 Å². The van der Waals surface area contributed by atoms with Gasteiger partial charge in [0.05, 0.1) is 6.42 Å². The molecule has 0 bridgehead atoms. The summed E-state index contributed by atoms with van der Waals surface area (Å²) in [7, 11) is 3.77. The number of thiol groups is 1. The van der Waals surface area contributed by atoms with Crippen molar-refractivity contribution in [3.8, 4) is 0 Å². The highest BCUT2D eigenvalue weighted by Crippen LogP contribution is 2.09. The molecule has 3 nitrogen and oxygen atoms in total. The molecule has 0 fully saturated rings. The molecule has 0 aliphatic heterocycles. The highest BCUT2D eigenvalue weighted by Gasteiger charge is 2.08. The number of nitrogens with zero attached hydrogens (tertiary/aromatic N) is 1. The highest BCUT2D eigenvalue weighted by atomic mass is 32.1. The number of carbonyl (C=O) groups is 1. The zero-order chi connectivity index (χ0) is 12.7. The van der Waals surface area contributed by atoms with Crippen LogP contribution >= 0.6 is 12.6 Å². The second-order valence-electron chi connectivity index (χ2n) is 4.12. The van der Waals surface area contributed by atoms with E-state index in [1.807, 2.05) is 38.4 Å². The number of hydrogen-bond donors (Lipinski definition) is 2. The molecule has 1 amide bonds. The van der Waals surface area contributed by atoms with E-state index in [4.69, 9.17) is 0 Å². The molecule has 0 spiro atoms. The monoisotopic (exact) mass is 252 g/mol. The number of nitrogens with one attached hydrogen (secondary N) is 1. The van der Waals surface area contributed by atoms with Crippen LogP contribution in [-0.4, -0.2) is 38.0 Å². The molecule has 0 radical (unpaired) electrons. The summed E-state index contributed by atoms with van der Waals surface area (Å²) in [6.45, 7) is 1.73. The van der Waals surface area contributed by atoms with Crippen molar-refractivity contribution >= 4 is 18.5 Å². The maximum Gasteiger partial charge on any atom is 0.226 e. The van der Waals surface area contributed by atoms with Gasteiger partial charge in [-0.25, -0.2) is 0 Å². The van der Waals surface area contributed by atoms with Crippen molar-refractivity contribution in [2.24, 2.45) is 0 Å². The third kappa shape index (κ3) is 5.24. The van der Waals surface area contributed by atoms with Gasteiger partial charge in [0.2, 0.25) is 5.91 Å². The van der Waals surface area contributed by atoms with E-state index in [1.165, 1.54) is 0 Å². The number of carbonyl (C=O) groups excluding carboxylic acids is 1. The predicted octanol–water partition coefficient (Wildman–Crippen LogP) is 1.59. The maximum atomic E-state index is 11.9. The van der Waals surface area contributed by atoms with Gasteiger partial charge in [-0.1, -0.05) is 12.1 Å². The molecule has 0 aliphatic rings. The van der Waals surface area contributed by atoms with E-state index in [-0.39, 0.29) is 5.91 Å². The number of hydrogen-bond acceptors (Lipinski definition) is 3. The van der Waals surface area contributed by atoms with Crippen LogP contribution in [0.3, 0.4) is 0 Å². The minimum atomic E-state index is 0.160. The molecule has 0 saturated carbocycles. The van der Waals surface area contributed by atoms with Gasteiger partial charge in [-0.15, -0.1) is 12.6 Å². The zero-order valence-corrected chi connectivity index (χ0v) is 11.3. The fraction of sp³-hybridized carbons (Fsp3) is 0.462. The third-order valence-corrected chi connectivity index (χ3v) is 2.94. The van der Waals surface area contributed by atoms with E-state index in [1.54, 1.807) is 4.90 Å². The molecular formula is C13H20N2OS. The second kappa shape index (κ2) is 7.35. The van der Waals surface area contributed by atoms with Gasteiger partial charge in [-0.2, -0.15) is 0 Å². The summed E-state index contributed by atoms with van der Waals surface area (Å²) in [5.74, 6) is 0.160. The van der Waals surface area contributed by atoms with Crippen molar-refractivity contribution in [1.29, 1.82) is 0 Å². The first-order valence-corrected chi connectivity index (χ1v) is 6.24. The zero-order valence-electron chi connectivity index (χ0n) is 10.4. The van der Waals surface area contributed by atoms with Crippen molar-refractivity contribution in [3.63, 3.8) is 0 Å². The largest absolute Gasteiger partial charge is 0.345 e. The van der Waals surface area contributed by atoms with Crippen molar-refractivity contribution < 1.29 is 4.79 Å². The van der Waals surface area contributed by atoms with E-state index in [2.05, 4.69) is 17.9 Å². The van der Waals surface area contributed by atoms with Gasteiger partial charge in [-0.3, -0.25) is 4.79 Å². The van der Waals surface area contributed by atoms with Gasteiger partial charge >= 0.3 is 0 Å². The molecule has 1 aromatic rings. The van der Waals surface area contributed by atoms with Gasteiger partial charge in [0.25, 0.3) is 0 Å². The van der Waals surface area contributed by atoms with Gasteiger partial charge in [0, 0.05) is 18.5 Å². The lowest BCUT2D eigenvalue weighted by atomic mass is 10.1. The van der Waals surface area contributed by atoms with Crippen molar-refractivity contribution in [2.75, 3.05) is 27.2 Å². The standard InChI is InChI=1S/C13H20N2OS/c1-14-8-3-9-15(2)13(16)10-11-4-6-12(17)7-5-11/h4-7,14,17H,3,8-10H2,1-2H3. The number of amides is 1. The van der Waals surface area contributed by atoms with E-state index >= 15 is 0 Å². The molecule has 0 atom stereocenters. The summed E-state index contributed by atoms with van der Waals surface area (Å²) >= 11 is 4.22. The summed E-state index contributed by atoms with van der Waals surface area (Å²) in [6.07, 6.45) is 1.44. The first-order valence-electron chi connectivity index (χ1n) is 5.80. The van der Waals surface area contributed by atoms with Crippen molar-refractivity contribution in [2.45, 2.75) is 17.7 Å². The van der Waals surface area contributed by atoms with Crippen LogP contribution in [0.25, 0.3) is 0 Å². The molecule has 17 heavy (non-hydrogen) atoms. The molecule has 0 heterocycles.